The minimum absolute atomic E-state index is 0.0588. The fraction of sp³-hybridized carbons (Fsp3) is 0.211. The lowest BCUT2D eigenvalue weighted by Gasteiger charge is -2.25. The van der Waals surface area contributed by atoms with Gasteiger partial charge in [-0.05, 0) is 49.9 Å². The maximum absolute atomic E-state index is 15.0. The molecule has 0 aliphatic carbocycles. The first-order valence-corrected chi connectivity index (χ1v) is 18.5. The van der Waals surface area contributed by atoms with Gasteiger partial charge in [0.1, 0.15) is 10.6 Å². The summed E-state index contributed by atoms with van der Waals surface area (Å²) in [5.74, 6) is 0. The summed E-state index contributed by atoms with van der Waals surface area (Å²) in [5, 5.41) is -0.151. The van der Waals surface area contributed by atoms with Gasteiger partial charge in [-0.3, -0.25) is 9.13 Å². The van der Waals surface area contributed by atoms with Crippen LogP contribution in [0.15, 0.2) is 143 Å². The zero-order valence-electron chi connectivity index (χ0n) is 26.7. The van der Waals surface area contributed by atoms with Crippen LogP contribution in [0, 0.1) is 0 Å². The van der Waals surface area contributed by atoms with E-state index in [0.717, 1.165) is 22.3 Å². The Hall–Kier alpha value is -3.78. The maximum Gasteiger partial charge on any atom is 0.370 e. The van der Waals surface area contributed by atoms with Crippen LogP contribution in [0.2, 0.25) is 0 Å². The van der Waals surface area contributed by atoms with Gasteiger partial charge < -0.3 is 18.1 Å². The Morgan fingerprint density at radius 1 is 0.435 bits per heavy atom. The van der Waals surface area contributed by atoms with E-state index in [2.05, 4.69) is 11.5 Å². The Bertz CT molecular complexity index is 1550. The summed E-state index contributed by atoms with van der Waals surface area (Å²) < 4.78 is 53.8. The molecule has 0 saturated carbocycles. The summed E-state index contributed by atoms with van der Waals surface area (Å²) in [5.41, 5.74) is 11.2. The quantitative estimate of drug-likeness (QED) is 0.0722. The van der Waals surface area contributed by atoms with Crippen molar-refractivity contribution in [1.82, 2.24) is 0 Å². The lowest BCUT2D eigenvalue weighted by Crippen LogP contribution is -2.06. The second-order valence-electron chi connectivity index (χ2n) is 9.83. The Balaban J connectivity index is 2.35. The Morgan fingerprint density at radius 3 is 0.848 bits per heavy atom. The van der Waals surface area contributed by atoms with E-state index in [9.17, 15) is 0 Å². The molecule has 0 saturated heterocycles. The van der Waals surface area contributed by atoms with Gasteiger partial charge >= 0.3 is 15.2 Å². The molecule has 0 bridgehead atoms. The van der Waals surface area contributed by atoms with Gasteiger partial charge in [0.25, 0.3) is 0 Å². The van der Waals surface area contributed by atoms with Crippen molar-refractivity contribution < 1.29 is 27.2 Å². The predicted molar refractivity (Wildman–Crippen MR) is 187 cm³/mol. The van der Waals surface area contributed by atoms with Gasteiger partial charge in [0.15, 0.2) is 0 Å². The van der Waals surface area contributed by atoms with Crippen molar-refractivity contribution in [3.63, 3.8) is 0 Å². The van der Waals surface area contributed by atoms with Crippen LogP contribution in [0.1, 0.15) is 49.9 Å². The van der Waals surface area contributed by atoms with Crippen LogP contribution in [-0.4, -0.2) is 26.4 Å². The summed E-state index contributed by atoms with van der Waals surface area (Å²) >= 11 is 0. The average molecular weight is 655 g/mol. The first-order chi connectivity index (χ1) is 22.4. The molecular formula is C38H40O6P2. The summed E-state index contributed by atoms with van der Waals surface area (Å²) in [6.45, 7) is 7.15. The highest BCUT2D eigenvalue weighted by molar-refractivity contribution is 7.64. The minimum atomic E-state index is -4.22. The van der Waals surface area contributed by atoms with E-state index in [0.29, 0.717) is 11.1 Å². The minimum Gasteiger partial charge on any atom is -0.305 e. The van der Waals surface area contributed by atoms with Crippen LogP contribution < -0.4 is 0 Å². The second-order valence-corrected chi connectivity index (χ2v) is 13.7. The van der Waals surface area contributed by atoms with E-state index in [1.807, 2.05) is 121 Å². The number of hydrogen-bond donors (Lipinski definition) is 0. The molecule has 0 unspecified atom stereocenters. The van der Waals surface area contributed by atoms with Crippen molar-refractivity contribution in [2.24, 2.45) is 0 Å². The van der Waals surface area contributed by atoms with Gasteiger partial charge in [0.2, 0.25) is 0 Å². The lowest BCUT2D eigenvalue weighted by molar-refractivity contribution is 0.220. The molecule has 238 valence electrons. The molecule has 0 aromatic heterocycles. The normalized spacial score (nSPS) is 11.3. The molecule has 6 nitrogen and oxygen atoms in total. The van der Waals surface area contributed by atoms with Crippen molar-refractivity contribution in [2.75, 3.05) is 26.4 Å². The fourth-order valence-electron chi connectivity index (χ4n) is 4.81. The summed E-state index contributed by atoms with van der Waals surface area (Å²) in [7, 11) is -8.45. The summed E-state index contributed by atoms with van der Waals surface area (Å²) in [6, 6.07) is 38.4. The van der Waals surface area contributed by atoms with Crippen molar-refractivity contribution >= 4 is 26.3 Å². The molecule has 0 heterocycles. The maximum atomic E-state index is 15.0. The highest BCUT2D eigenvalue weighted by Gasteiger charge is 2.43. The van der Waals surface area contributed by atoms with Gasteiger partial charge in [0.05, 0.1) is 26.4 Å². The standard InChI is InChI=1S/C38H40O6P2/c1-5-41-45(39,42-6-2)37(29-35(31-21-13-9-14-22-31)32-23-15-10-16-24-32)38(46(40,43-7-3)44-8-4)30-36(33-25-17-11-18-26-33)34-27-19-12-20-28-34/h9-28H,5-8H2,1-4H3. The van der Waals surface area contributed by atoms with Gasteiger partial charge in [-0.25, -0.2) is 0 Å². The SMILES string of the molecule is CCOP(=O)(OCC)C(=C=C(c1ccccc1)c1ccccc1)C(=C=C(c1ccccc1)c1ccccc1)P(=O)(OCC)OCC. The predicted octanol–water partition coefficient (Wildman–Crippen LogP) is 10.7. The molecule has 4 rings (SSSR count). The zero-order chi connectivity index (χ0) is 32.8. The highest BCUT2D eigenvalue weighted by Crippen LogP contribution is 2.69. The Labute approximate surface area is 272 Å². The molecule has 0 N–H and O–H groups in total. The van der Waals surface area contributed by atoms with Crippen molar-refractivity contribution in [1.29, 1.82) is 0 Å². The van der Waals surface area contributed by atoms with Crippen LogP contribution in [0.5, 0.6) is 0 Å². The second kappa shape index (κ2) is 17.2. The van der Waals surface area contributed by atoms with E-state index in [4.69, 9.17) is 18.1 Å². The third-order valence-corrected chi connectivity index (χ3v) is 11.0. The molecule has 0 aliphatic heterocycles. The van der Waals surface area contributed by atoms with E-state index >= 15 is 9.13 Å². The van der Waals surface area contributed by atoms with Crippen molar-refractivity contribution in [2.45, 2.75) is 27.7 Å². The molecule has 0 radical (unpaired) electrons. The van der Waals surface area contributed by atoms with E-state index in [1.165, 1.54) is 0 Å². The zero-order valence-corrected chi connectivity index (χ0v) is 28.5. The van der Waals surface area contributed by atoms with Crippen LogP contribution in [0.3, 0.4) is 0 Å². The summed E-state index contributed by atoms with van der Waals surface area (Å²) in [4.78, 5) is 0. The monoisotopic (exact) mass is 654 g/mol. The van der Waals surface area contributed by atoms with E-state index < -0.39 is 15.2 Å². The Morgan fingerprint density at radius 2 is 0.652 bits per heavy atom. The molecule has 4 aromatic rings. The molecule has 8 heteroatoms. The van der Waals surface area contributed by atoms with Crippen molar-refractivity contribution in [3.8, 4) is 0 Å². The van der Waals surface area contributed by atoms with Gasteiger partial charge in [-0.2, -0.15) is 0 Å². The lowest BCUT2D eigenvalue weighted by atomic mass is 9.98. The fourth-order valence-corrected chi connectivity index (χ4v) is 8.69. The van der Waals surface area contributed by atoms with Crippen LogP contribution in [0.4, 0.5) is 0 Å². The van der Waals surface area contributed by atoms with E-state index in [-0.39, 0.29) is 37.1 Å². The van der Waals surface area contributed by atoms with Crippen LogP contribution in [-0.2, 0) is 27.2 Å². The number of hydrogen-bond acceptors (Lipinski definition) is 6. The van der Waals surface area contributed by atoms with Crippen molar-refractivity contribution in [3.05, 3.63) is 166 Å². The number of benzene rings is 4. The van der Waals surface area contributed by atoms with Crippen LogP contribution >= 0.6 is 15.2 Å². The van der Waals surface area contributed by atoms with Gasteiger partial charge in [0, 0.05) is 11.1 Å². The molecule has 46 heavy (non-hydrogen) atoms. The van der Waals surface area contributed by atoms with Gasteiger partial charge in [-0.15, -0.1) is 0 Å². The highest BCUT2D eigenvalue weighted by atomic mass is 31.2. The number of allylic oxidation sites excluding steroid dienone is 2. The first kappa shape index (κ1) is 35.1. The average Bonchev–Trinajstić information content (AvgIpc) is 3.08. The molecule has 0 amide bonds. The summed E-state index contributed by atoms with van der Waals surface area (Å²) in [6.07, 6.45) is 0. The molecular weight excluding hydrogens is 614 g/mol. The third-order valence-electron chi connectivity index (χ3n) is 6.70. The first-order valence-electron chi connectivity index (χ1n) is 15.4. The largest absolute Gasteiger partial charge is 0.370 e. The third kappa shape index (κ3) is 8.72. The molecule has 4 aromatic carbocycles. The molecule has 0 atom stereocenters. The number of rotatable bonds is 15. The Kier molecular flexibility index (Phi) is 13.1. The molecule has 0 spiro atoms. The molecule has 0 aliphatic rings. The van der Waals surface area contributed by atoms with E-state index in [1.54, 1.807) is 27.7 Å². The molecule has 0 fully saturated rings. The van der Waals surface area contributed by atoms with Crippen LogP contribution in [0.25, 0.3) is 11.1 Å². The smallest absolute Gasteiger partial charge is 0.305 e. The van der Waals surface area contributed by atoms with Gasteiger partial charge in [-0.1, -0.05) is 133 Å². The topological polar surface area (TPSA) is 71.1 Å².